The van der Waals surface area contributed by atoms with Crippen molar-refractivity contribution in [3.05, 3.63) is 181 Å². The van der Waals surface area contributed by atoms with Gasteiger partial charge in [0, 0.05) is 47.4 Å². The van der Waals surface area contributed by atoms with Crippen LogP contribution in [0.15, 0.2) is 162 Å². The quantitative estimate of drug-likeness (QED) is 0.167. The summed E-state index contributed by atoms with van der Waals surface area (Å²) in [5.41, 5.74) is 10.9. The van der Waals surface area contributed by atoms with Crippen molar-refractivity contribution in [2.24, 2.45) is 0 Å². The van der Waals surface area contributed by atoms with Crippen molar-refractivity contribution in [3.8, 4) is 22.5 Å². The van der Waals surface area contributed by atoms with Crippen LogP contribution in [0.5, 0.6) is 0 Å². The van der Waals surface area contributed by atoms with Crippen LogP contribution in [0.4, 0.5) is 11.4 Å². The van der Waals surface area contributed by atoms with Gasteiger partial charge in [-0.2, -0.15) is 0 Å². The maximum Gasteiger partial charge on any atom is 0.211 e. The Bertz CT molecular complexity index is 3730. The summed E-state index contributed by atoms with van der Waals surface area (Å²) in [4.78, 5) is 7.92. The lowest BCUT2D eigenvalue weighted by Gasteiger charge is -2.17. The monoisotopic (exact) mass is 730 g/mol. The van der Waals surface area contributed by atoms with E-state index in [4.69, 9.17) is 17.6 Å². The van der Waals surface area contributed by atoms with Gasteiger partial charge in [-0.3, -0.25) is 0 Å². The van der Waals surface area contributed by atoms with Crippen LogP contribution in [0.2, 0.25) is 0 Å². The highest BCUT2D eigenvalue weighted by Crippen LogP contribution is 2.47. The summed E-state index contributed by atoms with van der Waals surface area (Å²) in [5.74, 6) is 0. The smallest absolute Gasteiger partial charge is 0.211 e. The molecule has 56 heavy (non-hydrogen) atoms. The summed E-state index contributed by atoms with van der Waals surface area (Å²) in [6.07, 6.45) is 0. The topological polar surface area (TPSA) is 31.7 Å². The predicted octanol–water partition coefficient (Wildman–Crippen LogP) is 14.9. The predicted molar refractivity (Wildman–Crippen MR) is 233 cm³/mol. The molecule has 0 aliphatic rings. The Morgan fingerprint density at radius 2 is 1.21 bits per heavy atom. The summed E-state index contributed by atoms with van der Waals surface area (Å²) in [7, 11) is 0. The number of benzene rings is 8. The Labute approximate surface area is 323 Å². The first-order valence-corrected chi connectivity index (χ1v) is 19.2. The minimum absolute atomic E-state index is 0.562. The number of furan rings is 1. The number of hydrogen-bond donors (Lipinski definition) is 0. The molecule has 0 aliphatic carbocycles. The Kier molecular flexibility index (Phi) is 6.28. The Morgan fingerprint density at radius 1 is 0.482 bits per heavy atom. The second-order valence-electron chi connectivity index (χ2n) is 14.2. The standard InChI is InChI=1S/C50H26N4OS/c1-51-30-20-24-40-37(28-30)46-41(26-27-45-48(46)36-12-5-8-17-44(36)56-45)54(40)49-32(13-9-14-38(49)52-2)29-18-21-31(22-19-29)53-39-15-6-3-11-35(39)47-42(53)25-23-34-33-10-4-7-16-43(33)55-50(34)47/h3-28H. The SMILES string of the molecule is [C-]#[N+]c1ccc2c(c1)c1c3c(ccc1n2-c1c([N+]#[C-])cccc1-c1ccc(-n2c4ccccc4c4c5oc6ccccc6c5ccc42)cc1)sc1ccccc13. The molecule has 0 atom stereocenters. The first-order valence-electron chi connectivity index (χ1n) is 18.4. The van der Waals surface area contributed by atoms with Crippen LogP contribution in [0.25, 0.3) is 118 Å². The molecule has 0 unspecified atom stereocenters. The molecule has 258 valence electrons. The van der Waals surface area contributed by atoms with Gasteiger partial charge in [0.2, 0.25) is 5.69 Å². The number of hydrogen-bond acceptors (Lipinski definition) is 2. The van der Waals surface area contributed by atoms with Gasteiger partial charge in [0.15, 0.2) is 5.69 Å². The maximum atomic E-state index is 8.38. The molecule has 0 aliphatic heterocycles. The second kappa shape index (κ2) is 11.4. The zero-order valence-electron chi connectivity index (χ0n) is 29.6. The minimum atomic E-state index is 0.562. The normalized spacial score (nSPS) is 11.9. The fourth-order valence-electron chi connectivity index (χ4n) is 9.02. The molecule has 12 aromatic rings. The van der Waals surface area contributed by atoms with Crippen molar-refractivity contribution < 1.29 is 4.42 Å². The van der Waals surface area contributed by atoms with Crippen LogP contribution < -0.4 is 0 Å². The van der Waals surface area contributed by atoms with Crippen molar-refractivity contribution in [3.63, 3.8) is 0 Å². The molecule has 4 heterocycles. The molecular weight excluding hydrogens is 705 g/mol. The fraction of sp³-hybridized carbons (Fsp3) is 0. The van der Waals surface area contributed by atoms with E-state index in [0.29, 0.717) is 11.4 Å². The van der Waals surface area contributed by atoms with E-state index in [0.717, 1.165) is 88.1 Å². The van der Waals surface area contributed by atoms with Crippen molar-refractivity contribution in [2.45, 2.75) is 0 Å². The Balaban J connectivity index is 1.09. The van der Waals surface area contributed by atoms with Crippen LogP contribution in [-0.2, 0) is 0 Å². The summed E-state index contributed by atoms with van der Waals surface area (Å²) in [6, 6.07) is 54.6. The molecule has 4 aromatic heterocycles. The van der Waals surface area contributed by atoms with Gasteiger partial charge < -0.3 is 13.6 Å². The fourth-order valence-corrected chi connectivity index (χ4v) is 10.1. The van der Waals surface area contributed by atoms with Crippen LogP contribution in [0.3, 0.4) is 0 Å². The van der Waals surface area contributed by atoms with E-state index in [1.807, 2.05) is 42.5 Å². The first-order chi connectivity index (χ1) is 27.7. The number of thiophene rings is 1. The number of aromatic nitrogens is 2. The van der Waals surface area contributed by atoms with E-state index in [9.17, 15) is 0 Å². The maximum absolute atomic E-state index is 8.38. The first kappa shape index (κ1) is 30.8. The van der Waals surface area contributed by atoms with E-state index in [1.54, 1.807) is 11.3 Å². The number of rotatable bonds is 3. The van der Waals surface area contributed by atoms with Crippen molar-refractivity contribution >= 4 is 108 Å². The molecule has 6 heteroatoms. The molecule has 0 spiro atoms. The van der Waals surface area contributed by atoms with Gasteiger partial charge in [0.25, 0.3) is 0 Å². The van der Waals surface area contributed by atoms with Gasteiger partial charge in [0.1, 0.15) is 11.2 Å². The van der Waals surface area contributed by atoms with Gasteiger partial charge in [0.05, 0.1) is 46.3 Å². The third-order valence-electron chi connectivity index (χ3n) is 11.4. The van der Waals surface area contributed by atoms with Crippen molar-refractivity contribution in [2.75, 3.05) is 0 Å². The summed E-state index contributed by atoms with van der Waals surface area (Å²) < 4.78 is 13.5. The number of nitrogens with zero attached hydrogens (tertiary/aromatic N) is 4. The molecule has 0 amide bonds. The van der Waals surface area contributed by atoms with E-state index >= 15 is 0 Å². The number of fused-ring (bicyclic) bond motifs is 14. The summed E-state index contributed by atoms with van der Waals surface area (Å²) in [6.45, 7) is 16.2. The average Bonchev–Trinajstić information content (AvgIpc) is 4.00. The third-order valence-corrected chi connectivity index (χ3v) is 12.5. The summed E-state index contributed by atoms with van der Waals surface area (Å²) >= 11 is 1.78. The molecule has 5 nitrogen and oxygen atoms in total. The lowest BCUT2D eigenvalue weighted by Crippen LogP contribution is -1.98. The molecule has 8 aromatic carbocycles. The highest BCUT2D eigenvalue weighted by Gasteiger charge is 2.23. The highest BCUT2D eigenvalue weighted by atomic mass is 32.1. The zero-order valence-corrected chi connectivity index (χ0v) is 30.4. The van der Waals surface area contributed by atoms with E-state index in [1.165, 1.54) is 20.2 Å². The molecule has 0 radical (unpaired) electrons. The molecule has 0 bridgehead atoms. The largest absolute Gasteiger partial charge is 0.455 e. The molecule has 12 rings (SSSR count). The average molecular weight is 731 g/mol. The molecule has 0 fully saturated rings. The van der Waals surface area contributed by atoms with E-state index in [-0.39, 0.29) is 0 Å². The lowest BCUT2D eigenvalue weighted by atomic mass is 10.0. The van der Waals surface area contributed by atoms with Gasteiger partial charge in [-0.15, -0.1) is 11.3 Å². The van der Waals surface area contributed by atoms with Crippen molar-refractivity contribution in [1.82, 2.24) is 9.13 Å². The van der Waals surface area contributed by atoms with Crippen molar-refractivity contribution in [1.29, 1.82) is 0 Å². The van der Waals surface area contributed by atoms with Crippen LogP contribution in [0.1, 0.15) is 0 Å². The third kappa shape index (κ3) is 4.11. The van der Waals surface area contributed by atoms with Crippen LogP contribution in [0, 0.1) is 13.1 Å². The van der Waals surface area contributed by atoms with Gasteiger partial charge >= 0.3 is 0 Å². The van der Waals surface area contributed by atoms with Gasteiger partial charge in [-0.25, -0.2) is 9.69 Å². The van der Waals surface area contributed by atoms with Gasteiger partial charge in [-0.1, -0.05) is 91.0 Å². The molecule has 0 saturated heterocycles. The Morgan fingerprint density at radius 3 is 2.07 bits per heavy atom. The molecule has 0 N–H and O–H groups in total. The second-order valence-corrected chi connectivity index (χ2v) is 15.3. The Hall–Kier alpha value is -7.64. The zero-order chi connectivity index (χ0) is 37.1. The summed E-state index contributed by atoms with van der Waals surface area (Å²) in [5, 5.41) is 8.97. The highest BCUT2D eigenvalue weighted by molar-refractivity contribution is 7.26. The van der Waals surface area contributed by atoms with E-state index in [2.05, 4.69) is 134 Å². The van der Waals surface area contributed by atoms with Crippen LogP contribution >= 0.6 is 11.3 Å². The van der Waals surface area contributed by atoms with Crippen LogP contribution in [-0.4, -0.2) is 9.13 Å². The lowest BCUT2D eigenvalue weighted by molar-refractivity contribution is 0.673. The van der Waals surface area contributed by atoms with E-state index < -0.39 is 0 Å². The number of para-hydroxylation sites is 3. The van der Waals surface area contributed by atoms with Gasteiger partial charge in [-0.05, 0) is 83.2 Å². The minimum Gasteiger partial charge on any atom is -0.455 e. The molecular formula is C50H26N4OS. The molecule has 0 saturated carbocycles.